The fraction of sp³-hybridized carbons (Fsp3) is 0.692. The number of nitrogens with one attached hydrogen (secondary N) is 2. The van der Waals surface area contributed by atoms with Crippen molar-refractivity contribution in [3.05, 3.63) is 11.6 Å². The molecule has 1 rings (SSSR count). The molecule has 0 aliphatic carbocycles. The molecule has 8 nitrogen and oxygen atoms in total. The average molecular weight is 296 g/mol. The lowest BCUT2D eigenvalue weighted by Crippen LogP contribution is -2.51. The lowest BCUT2D eigenvalue weighted by Gasteiger charge is -2.19. The second kappa shape index (κ2) is 7.61. The number of urea groups is 1. The van der Waals surface area contributed by atoms with E-state index in [9.17, 15) is 9.59 Å². The van der Waals surface area contributed by atoms with Crippen LogP contribution in [0.15, 0.2) is 0 Å². The Morgan fingerprint density at radius 2 is 2.00 bits per heavy atom. The molecule has 0 aromatic carbocycles. The van der Waals surface area contributed by atoms with Crippen molar-refractivity contribution >= 4 is 11.9 Å². The Morgan fingerprint density at radius 3 is 2.48 bits per heavy atom. The maximum atomic E-state index is 11.7. The monoisotopic (exact) mass is 296 g/mol. The Balaban J connectivity index is 2.30. The highest BCUT2D eigenvalue weighted by atomic mass is 16.2. The van der Waals surface area contributed by atoms with Crippen molar-refractivity contribution < 1.29 is 9.59 Å². The smallest absolute Gasteiger partial charge is 0.315 e. The second-order valence-electron chi connectivity index (χ2n) is 5.31. The molecule has 0 aliphatic heterocycles. The zero-order valence-electron chi connectivity index (χ0n) is 13.0. The topological polar surface area (TPSA) is 115 Å². The molecule has 0 saturated heterocycles. The molecule has 3 amide bonds. The Morgan fingerprint density at radius 1 is 1.33 bits per heavy atom. The summed E-state index contributed by atoms with van der Waals surface area (Å²) in [6.45, 7) is 8.53. The van der Waals surface area contributed by atoms with Gasteiger partial charge in [-0.25, -0.2) is 9.78 Å². The average Bonchev–Trinajstić information content (AvgIpc) is 2.69. The van der Waals surface area contributed by atoms with Gasteiger partial charge in [0.25, 0.3) is 0 Å². The van der Waals surface area contributed by atoms with Crippen molar-refractivity contribution in [2.45, 2.75) is 46.7 Å². The minimum atomic E-state index is -0.662. The van der Waals surface area contributed by atoms with Crippen molar-refractivity contribution in [3.63, 3.8) is 0 Å². The number of amides is 3. The van der Waals surface area contributed by atoms with E-state index in [0.717, 1.165) is 18.1 Å². The normalized spacial score (nSPS) is 12.2. The zero-order chi connectivity index (χ0) is 16.0. The minimum Gasteiger partial charge on any atom is -0.368 e. The van der Waals surface area contributed by atoms with Gasteiger partial charge in [0.15, 0.2) is 0 Å². The third kappa shape index (κ3) is 5.41. The molecule has 0 spiro atoms. The van der Waals surface area contributed by atoms with Crippen molar-refractivity contribution in [3.8, 4) is 0 Å². The molecule has 0 aliphatic rings. The highest BCUT2D eigenvalue weighted by Crippen LogP contribution is 2.00. The number of aryl methyl sites for hydroxylation is 3. The summed E-state index contributed by atoms with van der Waals surface area (Å²) in [5.74, 6) is 1.01. The Kier molecular flexibility index (Phi) is 6.13. The van der Waals surface area contributed by atoms with E-state index in [0.29, 0.717) is 13.1 Å². The summed E-state index contributed by atoms with van der Waals surface area (Å²) >= 11 is 0. The van der Waals surface area contributed by atoms with Crippen molar-refractivity contribution in [2.24, 2.45) is 11.7 Å². The van der Waals surface area contributed by atoms with Crippen molar-refractivity contribution in [1.29, 1.82) is 0 Å². The fourth-order valence-electron chi connectivity index (χ4n) is 1.96. The first-order valence-electron chi connectivity index (χ1n) is 7.03. The van der Waals surface area contributed by atoms with Crippen molar-refractivity contribution in [2.75, 3.05) is 6.54 Å². The van der Waals surface area contributed by atoms with Crippen LogP contribution in [-0.4, -0.2) is 39.3 Å². The number of hydrogen-bond acceptors (Lipinski definition) is 4. The number of aromatic nitrogens is 3. The number of carbonyl (C=O) groups is 2. The van der Waals surface area contributed by atoms with Crippen LogP contribution in [0.5, 0.6) is 0 Å². The Bertz CT molecular complexity index is 497. The van der Waals surface area contributed by atoms with E-state index in [2.05, 4.69) is 20.7 Å². The lowest BCUT2D eigenvalue weighted by molar-refractivity contribution is -0.120. The lowest BCUT2D eigenvalue weighted by atomic mass is 10.0. The molecule has 1 atom stereocenters. The molecule has 0 fully saturated rings. The largest absolute Gasteiger partial charge is 0.368 e. The van der Waals surface area contributed by atoms with Gasteiger partial charge < -0.3 is 16.4 Å². The zero-order valence-corrected chi connectivity index (χ0v) is 13.0. The first-order chi connectivity index (χ1) is 9.81. The summed E-state index contributed by atoms with van der Waals surface area (Å²) in [6.07, 6.45) is 0.722. The first-order valence-corrected chi connectivity index (χ1v) is 7.03. The van der Waals surface area contributed by atoms with Gasteiger partial charge in [-0.3, -0.25) is 9.48 Å². The van der Waals surface area contributed by atoms with Gasteiger partial charge in [0.2, 0.25) is 5.91 Å². The molecule has 118 valence electrons. The van der Waals surface area contributed by atoms with E-state index in [1.54, 1.807) is 4.68 Å². The molecule has 4 N–H and O–H groups in total. The van der Waals surface area contributed by atoms with Gasteiger partial charge in [0.1, 0.15) is 17.7 Å². The fourth-order valence-corrected chi connectivity index (χ4v) is 1.96. The van der Waals surface area contributed by atoms with Crippen LogP contribution in [0.1, 0.15) is 31.9 Å². The maximum absolute atomic E-state index is 11.7. The third-order valence-electron chi connectivity index (χ3n) is 3.05. The predicted octanol–water partition coefficient (Wildman–Crippen LogP) is 0.0941. The number of carbonyl (C=O) groups excluding carboxylic acids is 2. The molecular weight excluding hydrogens is 272 g/mol. The number of rotatable bonds is 7. The van der Waals surface area contributed by atoms with Crippen LogP contribution in [0.2, 0.25) is 0 Å². The third-order valence-corrected chi connectivity index (χ3v) is 3.05. The molecular formula is C13H24N6O2. The molecule has 0 unspecified atom stereocenters. The highest BCUT2D eigenvalue weighted by Gasteiger charge is 2.21. The van der Waals surface area contributed by atoms with Crippen LogP contribution in [0, 0.1) is 19.8 Å². The summed E-state index contributed by atoms with van der Waals surface area (Å²) in [4.78, 5) is 27.1. The van der Waals surface area contributed by atoms with Crippen LogP contribution < -0.4 is 16.4 Å². The van der Waals surface area contributed by atoms with Crippen LogP contribution in [0.4, 0.5) is 4.79 Å². The Labute approximate surface area is 124 Å². The second-order valence-corrected chi connectivity index (χ2v) is 5.31. The van der Waals surface area contributed by atoms with E-state index >= 15 is 0 Å². The van der Waals surface area contributed by atoms with Gasteiger partial charge in [-0.2, -0.15) is 5.10 Å². The van der Waals surface area contributed by atoms with Gasteiger partial charge in [0.05, 0.1) is 0 Å². The van der Waals surface area contributed by atoms with E-state index in [4.69, 9.17) is 5.73 Å². The summed E-state index contributed by atoms with van der Waals surface area (Å²) in [5, 5.41) is 9.51. The number of primary amides is 1. The predicted molar refractivity (Wildman–Crippen MR) is 78.5 cm³/mol. The minimum absolute atomic E-state index is 0.0472. The number of hydrogen-bond donors (Lipinski definition) is 3. The molecule has 1 aromatic rings. The molecule has 0 saturated carbocycles. The molecule has 1 heterocycles. The van der Waals surface area contributed by atoms with E-state index < -0.39 is 11.9 Å². The summed E-state index contributed by atoms with van der Waals surface area (Å²) in [6, 6.07) is -1.05. The number of nitrogens with two attached hydrogens (primary N) is 1. The van der Waals surface area contributed by atoms with Crippen LogP contribution in [0.3, 0.4) is 0 Å². The van der Waals surface area contributed by atoms with Crippen LogP contribution in [-0.2, 0) is 11.3 Å². The van der Waals surface area contributed by atoms with Gasteiger partial charge in [-0.05, 0) is 26.2 Å². The quantitative estimate of drug-likeness (QED) is 0.619. The first kappa shape index (κ1) is 16.9. The van der Waals surface area contributed by atoms with E-state index in [1.807, 2.05) is 27.7 Å². The summed E-state index contributed by atoms with van der Waals surface area (Å²) in [7, 11) is 0. The summed E-state index contributed by atoms with van der Waals surface area (Å²) < 4.78 is 1.80. The molecule has 8 heteroatoms. The van der Waals surface area contributed by atoms with Crippen molar-refractivity contribution in [1.82, 2.24) is 25.4 Å². The molecule has 21 heavy (non-hydrogen) atoms. The van der Waals surface area contributed by atoms with E-state index in [-0.39, 0.29) is 11.9 Å². The summed E-state index contributed by atoms with van der Waals surface area (Å²) in [5.41, 5.74) is 5.24. The van der Waals surface area contributed by atoms with Gasteiger partial charge in [-0.1, -0.05) is 13.8 Å². The van der Waals surface area contributed by atoms with Gasteiger partial charge in [-0.15, -0.1) is 0 Å². The number of nitrogens with zero attached hydrogens (tertiary/aromatic N) is 3. The maximum Gasteiger partial charge on any atom is 0.315 e. The van der Waals surface area contributed by atoms with Gasteiger partial charge in [0, 0.05) is 13.1 Å². The highest BCUT2D eigenvalue weighted by molar-refractivity contribution is 5.86. The van der Waals surface area contributed by atoms with Gasteiger partial charge >= 0.3 is 6.03 Å². The van der Waals surface area contributed by atoms with Crippen LogP contribution in [0.25, 0.3) is 0 Å². The molecule has 0 radical (unpaired) electrons. The Hall–Kier alpha value is -2.12. The SMILES string of the molecule is Cc1nc(C)n(CCCNC(=O)N[C@H](C(N)=O)C(C)C)n1. The van der Waals surface area contributed by atoms with Crippen LogP contribution >= 0.6 is 0 Å². The van der Waals surface area contributed by atoms with E-state index in [1.165, 1.54) is 0 Å². The standard InChI is InChI=1S/C13H24N6O2/c1-8(2)11(12(14)20)17-13(21)15-6-5-7-19-10(4)16-9(3)18-19/h8,11H,5-7H2,1-4H3,(H2,14,20)(H2,15,17,21)/t11-/m0/s1. The molecule has 0 bridgehead atoms. The molecule has 1 aromatic heterocycles.